The third-order valence-corrected chi connectivity index (χ3v) is 9.88. The van der Waals surface area contributed by atoms with E-state index in [1.807, 2.05) is 54.6 Å². The van der Waals surface area contributed by atoms with E-state index in [9.17, 15) is 15.0 Å². The van der Waals surface area contributed by atoms with Crippen LogP contribution in [0.25, 0.3) is 0 Å². The Morgan fingerprint density at radius 1 is 0.907 bits per heavy atom. The lowest BCUT2D eigenvalue weighted by Crippen LogP contribution is -2.60. The number of nitrogens with one attached hydrogen (secondary N) is 2. The van der Waals surface area contributed by atoms with Crippen LogP contribution in [0.5, 0.6) is 5.75 Å². The highest BCUT2D eigenvalue weighted by atomic mass is 16.5. The smallest absolute Gasteiger partial charge is 0.224 e. The molecule has 4 saturated carbocycles. The molecule has 2 atom stereocenters. The summed E-state index contributed by atoms with van der Waals surface area (Å²) in [6, 6.07) is 23.9. The predicted octanol–water partition coefficient (Wildman–Crippen LogP) is 5.64. The van der Waals surface area contributed by atoms with Crippen LogP contribution in [0.1, 0.15) is 79.4 Å². The fourth-order valence-corrected chi connectivity index (χ4v) is 8.32. The van der Waals surface area contributed by atoms with Crippen molar-refractivity contribution in [2.75, 3.05) is 6.54 Å². The summed E-state index contributed by atoms with van der Waals surface area (Å²) in [5.41, 5.74) is 4.73. The van der Waals surface area contributed by atoms with Crippen molar-refractivity contribution in [1.82, 2.24) is 10.6 Å². The van der Waals surface area contributed by atoms with Gasteiger partial charge in [-0.3, -0.25) is 4.79 Å². The maximum atomic E-state index is 13.1. The molecule has 6 nitrogen and oxygen atoms in total. The second-order valence-electron chi connectivity index (χ2n) is 13.6. The SMILES string of the molecule is C[C@H](Cc1cccc(CC(=O)NC23CC4CC(CC(C4)C2)C3)c1)NC[C@H](O)c1ccc(OCc2ccccc2)c(CO)c1. The summed E-state index contributed by atoms with van der Waals surface area (Å²) in [5.74, 6) is 3.23. The first-order chi connectivity index (χ1) is 20.9. The molecule has 6 heteroatoms. The maximum absolute atomic E-state index is 13.1. The van der Waals surface area contributed by atoms with Gasteiger partial charge in [0, 0.05) is 23.7 Å². The second kappa shape index (κ2) is 13.2. The van der Waals surface area contributed by atoms with Gasteiger partial charge >= 0.3 is 0 Å². The predicted molar refractivity (Wildman–Crippen MR) is 168 cm³/mol. The van der Waals surface area contributed by atoms with Gasteiger partial charge in [-0.2, -0.15) is 0 Å². The van der Waals surface area contributed by atoms with Crippen molar-refractivity contribution >= 4 is 5.91 Å². The van der Waals surface area contributed by atoms with E-state index >= 15 is 0 Å². The van der Waals surface area contributed by atoms with Gasteiger partial charge in [0.1, 0.15) is 12.4 Å². The summed E-state index contributed by atoms with van der Waals surface area (Å²) in [4.78, 5) is 13.1. The maximum Gasteiger partial charge on any atom is 0.224 e. The Kier molecular flexibility index (Phi) is 9.17. The van der Waals surface area contributed by atoms with Gasteiger partial charge in [-0.15, -0.1) is 0 Å². The van der Waals surface area contributed by atoms with E-state index in [4.69, 9.17) is 4.74 Å². The Morgan fingerprint density at radius 2 is 1.58 bits per heavy atom. The van der Waals surface area contributed by atoms with E-state index in [0.29, 0.717) is 30.9 Å². The van der Waals surface area contributed by atoms with Gasteiger partial charge in [0.25, 0.3) is 0 Å². The molecule has 43 heavy (non-hydrogen) atoms. The molecule has 0 spiro atoms. The van der Waals surface area contributed by atoms with E-state index in [2.05, 4.69) is 35.8 Å². The van der Waals surface area contributed by atoms with Crippen LogP contribution < -0.4 is 15.4 Å². The number of aliphatic hydroxyl groups excluding tert-OH is 2. The monoisotopic (exact) mass is 582 g/mol. The van der Waals surface area contributed by atoms with E-state index < -0.39 is 6.10 Å². The molecule has 0 aliphatic heterocycles. The van der Waals surface area contributed by atoms with Crippen molar-refractivity contribution in [3.63, 3.8) is 0 Å². The van der Waals surface area contributed by atoms with E-state index in [1.54, 1.807) is 0 Å². The minimum atomic E-state index is -0.712. The summed E-state index contributed by atoms with van der Waals surface area (Å²) in [5, 5.41) is 27.8. The van der Waals surface area contributed by atoms with Crippen LogP contribution >= 0.6 is 0 Å². The molecule has 4 fully saturated rings. The number of amides is 1. The molecule has 0 aromatic heterocycles. The zero-order valence-electron chi connectivity index (χ0n) is 25.3. The summed E-state index contributed by atoms with van der Waals surface area (Å²) in [6.45, 7) is 2.76. The number of aliphatic hydroxyl groups is 2. The highest BCUT2D eigenvalue weighted by molar-refractivity contribution is 5.79. The molecule has 4 aliphatic carbocycles. The van der Waals surface area contributed by atoms with Gasteiger partial charge in [-0.05, 0) is 104 Å². The summed E-state index contributed by atoms with van der Waals surface area (Å²) in [7, 11) is 0. The Labute approximate surface area is 255 Å². The lowest BCUT2D eigenvalue weighted by atomic mass is 9.53. The van der Waals surface area contributed by atoms with Crippen LogP contribution in [0.3, 0.4) is 0 Å². The first-order valence-electron chi connectivity index (χ1n) is 16.1. The third-order valence-electron chi connectivity index (χ3n) is 9.88. The van der Waals surface area contributed by atoms with E-state index in [1.165, 1.54) is 44.1 Å². The van der Waals surface area contributed by atoms with Crippen LogP contribution in [-0.4, -0.2) is 34.2 Å². The van der Waals surface area contributed by atoms with Crippen molar-refractivity contribution in [3.05, 3.63) is 101 Å². The molecule has 4 aliphatic rings. The van der Waals surface area contributed by atoms with Crippen LogP contribution in [-0.2, 0) is 30.8 Å². The summed E-state index contributed by atoms with van der Waals surface area (Å²) < 4.78 is 5.93. The number of hydrogen-bond acceptors (Lipinski definition) is 5. The van der Waals surface area contributed by atoms with Crippen molar-refractivity contribution in [1.29, 1.82) is 0 Å². The van der Waals surface area contributed by atoms with Gasteiger partial charge < -0.3 is 25.6 Å². The Bertz CT molecular complexity index is 1360. The van der Waals surface area contributed by atoms with Crippen molar-refractivity contribution in [3.8, 4) is 5.75 Å². The zero-order valence-corrected chi connectivity index (χ0v) is 25.3. The second-order valence-corrected chi connectivity index (χ2v) is 13.6. The van der Waals surface area contributed by atoms with Crippen molar-refractivity contribution < 1.29 is 19.7 Å². The average molecular weight is 583 g/mol. The van der Waals surface area contributed by atoms with Gasteiger partial charge in [0.2, 0.25) is 5.91 Å². The molecule has 228 valence electrons. The summed E-state index contributed by atoms with van der Waals surface area (Å²) >= 11 is 0. The van der Waals surface area contributed by atoms with E-state index in [-0.39, 0.29) is 24.1 Å². The Morgan fingerprint density at radius 3 is 2.28 bits per heavy atom. The lowest BCUT2D eigenvalue weighted by Gasteiger charge is -2.56. The third kappa shape index (κ3) is 7.49. The number of carbonyl (C=O) groups is 1. The van der Waals surface area contributed by atoms with Gasteiger partial charge in [-0.25, -0.2) is 0 Å². The molecule has 3 aromatic rings. The topological polar surface area (TPSA) is 90.8 Å². The molecule has 1 amide bonds. The van der Waals surface area contributed by atoms with Crippen LogP contribution in [0.4, 0.5) is 0 Å². The number of benzene rings is 3. The van der Waals surface area contributed by atoms with Gasteiger partial charge in [0.05, 0.1) is 19.1 Å². The van der Waals surface area contributed by atoms with E-state index in [0.717, 1.165) is 40.9 Å². The number of carbonyl (C=O) groups excluding carboxylic acids is 1. The van der Waals surface area contributed by atoms with Crippen LogP contribution in [0.15, 0.2) is 72.8 Å². The van der Waals surface area contributed by atoms with Crippen LogP contribution in [0.2, 0.25) is 0 Å². The molecule has 0 radical (unpaired) electrons. The van der Waals surface area contributed by atoms with Gasteiger partial charge in [0.15, 0.2) is 0 Å². The molecule has 0 saturated heterocycles. The fraction of sp³-hybridized carbons (Fsp3) is 0.486. The number of rotatable bonds is 13. The molecule has 4 N–H and O–H groups in total. The van der Waals surface area contributed by atoms with Gasteiger partial charge in [-0.1, -0.05) is 60.7 Å². The van der Waals surface area contributed by atoms with Crippen LogP contribution in [0, 0.1) is 17.8 Å². The Balaban J connectivity index is 0.978. The minimum Gasteiger partial charge on any atom is -0.489 e. The lowest BCUT2D eigenvalue weighted by molar-refractivity contribution is -0.126. The molecule has 3 aromatic carbocycles. The highest BCUT2D eigenvalue weighted by Gasteiger charge is 2.51. The summed E-state index contributed by atoms with van der Waals surface area (Å²) in [6.07, 6.45) is 8.16. The normalized spacial score (nSPS) is 25.3. The average Bonchev–Trinajstić information content (AvgIpc) is 2.98. The molecular formula is C37H46N2O4. The van der Waals surface area contributed by atoms with Crippen molar-refractivity contribution in [2.24, 2.45) is 17.8 Å². The quantitative estimate of drug-likeness (QED) is 0.210. The standard InChI is InChI=1S/C37H46N2O4/c1-25(38-22-34(41)32-10-11-35(33(18-32)23-40)43-24-26-6-3-2-4-7-26)12-27-8-5-9-28(13-27)17-36(42)39-37-19-29-14-30(20-37)16-31(15-29)21-37/h2-11,13,18,25,29-31,34,38,40-41H,12,14-17,19-24H2,1H3,(H,39,42)/t25-,29?,30?,31?,34+,37?/m1/s1. The molecule has 0 unspecified atom stereocenters. The van der Waals surface area contributed by atoms with Crippen molar-refractivity contribution in [2.45, 2.75) is 89.2 Å². The largest absolute Gasteiger partial charge is 0.489 e. The minimum absolute atomic E-state index is 0.0517. The zero-order chi connectivity index (χ0) is 29.8. The molecular weight excluding hydrogens is 536 g/mol. The number of hydrogen-bond donors (Lipinski definition) is 4. The fourth-order valence-electron chi connectivity index (χ4n) is 8.32. The Hall–Kier alpha value is -3.19. The first-order valence-corrected chi connectivity index (χ1v) is 16.1. The number of ether oxygens (including phenoxy) is 1. The highest BCUT2D eigenvalue weighted by Crippen LogP contribution is 2.55. The molecule has 4 bridgehead atoms. The first kappa shape index (κ1) is 29.9. The molecule has 7 rings (SSSR count). The molecule has 0 heterocycles.